The van der Waals surface area contributed by atoms with Gasteiger partial charge in [0.05, 0.1) is 0 Å². The quantitative estimate of drug-likeness (QED) is 0.605. The Morgan fingerprint density at radius 3 is 2.46 bits per heavy atom. The van der Waals surface area contributed by atoms with Gasteiger partial charge in [0.25, 0.3) is 0 Å². The number of amides is 2. The molecule has 74 valence electrons. The Kier molecular flexibility index (Phi) is 2.66. The van der Waals surface area contributed by atoms with E-state index in [1.165, 1.54) is 4.90 Å². The zero-order valence-electron chi connectivity index (χ0n) is 8.13. The van der Waals surface area contributed by atoms with E-state index in [-0.39, 0.29) is 11.8 Å². The largest absolute Gasteiger partial charge is 0.281 e. The van der Waals surface area contributed by atoms with Gasteiger partial charge < -0.3 is 0 Å². The fourth-order valence-corrected chi connectivity index (χ4v) is 1.51. The summed E-state index contributed by atoms with van der Waals surface area (Å²) in [6.07, 6.45) is 0.723. The van der Waals surface area contributed by atoms with Crippen LogP contribution >= 0.6 is 11.6 Å². The molecule has 1 aliphatic rings. The predicted molar refractivity (Wildman–Crippen MR) is 50.4 cm³/mol. The van der Waals surface area contributed by atoms with Crippen LogP contribution in [0.2, 0.25) is 0 Å². The van der Waals surface area contributed by atoms with Crippen LogP contribution in [-0.2, 0) is 9.59 Å². The molecule has 13 heavy (non-hydrogen) atoms. The molecule has 0 aromatic carbocycles. The lowest BCUT2D eigenvalue weighted by Crippen LogP contribution is -2.39. The number of halogens is 1. The van der Waals surface area contributed by atoms with Crippen LogP contribution in [0.1, 0.15) is 27.2 Å². The number of hydrogen-bond acceptors (Lipinski definition) is 2. The van der Waals surface area contributed by atoms with Gasteiger partial charge in [-0.05, 0) is 13.3 Å². The monoisotopic (exact) mass is 203 g/mol. The number of alkyl halides is 1. The van der Waals surface area contributed by atoms with Crippen LogP contribution in [0.3, 0.4) is 0 Å². The van der Waals surface area contributed by atoms with Gasteiger partial charge in [-0.1, -0.05) is 13.8 Å². The molecule has 1 aliphatic heterocycles. The standard InChI is InChI=1S/C9H14ClNO2/c1-6(10)7(12)11-5-4-9(2,3)8(11)13/h6H,4-5H2,1-3H3. The summed E-state index contributed by atoms with van der Waals surface area (Å²) in [5.74, 6) is -0.387. The number of rotatable bonds is 1. The molecule has 1 saturated heterocycles. The highest BCUT2D eigenvalue weighted by Crippen LogP contribution is 2.31. The third kappa shape index (κ3) is 1.85. The molecule has 2 amide bonds. The third-order valence-corrected chi connectivity index (χ3v) is 2.58. The summed E-state index contributed by atoms with van der Waals surface area (Å²) in [4.78, 5) is 24.3. The molecule has 0 bridgehead atoms. The Balaban J connectivity index is 2.77. The highest BCUT2D eigenvalue weighted by molar-refractivity contribution is 6.31. The number of nitrogens with zero attached hydrogens (tertiary/aromatic N) is 1. The minimum atomic E-state index is -0.613. The van der Waals surface area contributed by atoms with E-state index >= 15 is 0 Å². The molecule has 4 heteroatoms. The van der Waals surface area contributed by atoms with Crippen molar-refractivity contribution in [2.75, 3.05) is 6.54 Å². The van der Waals surface area contributed by atoms with Gasteiger partial charge >= 0.3 is 0 Å². The van der Waals surface area contributed by atoms with Crippen LogP contribution in [0, 0.1) is 5.41 Å². The van der Waals surface area contributed by atoms with Gasteiger partial charge in [0.1, 0.15) is 5.38 Å². The molecule has 0 aromatic rings. The molecule has 3 nitrogen and oxygen atoms in total. The van der Waals surface area contributed by atoms with E-state index in [0.717, 1.165) is 6.42 Å². The van der Waals surface area contributed by atoms with Crippen molar-refractivity contribution in [3.05, 3.63) is 0 Å². The summed E-state index contributed by atoms with van der Waals surface area (Å²) >= 11 is 5.62. The van der Waals surface area contributed by atoms with Crippen LogP contribution in [0.25, 0.3) is 0 Å². The highest BCUT2D eigenvalue weighted by atomic mass is 35.5. The van der Waals surface area contributed by atoms with Gasteiger partial charge in [0.2, 0.25) is 11.8 Å². The Bertz CT molecular complexity index is 248. The van der Waals surface area contributed by atoms with E-state index in [1.807, 2.05) is 13.8 Å². The fraction of sp³-hybridized carbons (Fsp3) is 0.778. The van der Waals surface area contributed by atoms with Crippen LogP contribution in [0.15, 0.2) is 0 Å². The van der Waals surface area contributed by atoms with E-state index in [2.05, 4.69) is 0 Å². The molecule has 1 fully saturated rings. The van der Waals surface area contributed by atoms with E-state index in [9.17, 15) is 9.59 Å². The summed E-state index contributed by atoms with van der Waals surface area (Å²) in [6, 6.07) is 0. The van der Waals surface area contributed by atoms with Gasteiger partial charge in [-0.3, -0.25) is 14.5 Å². The van der Waals surface area contributed by atoms with E-state index in [4.69, 9.17) is 11.6 Å². The maximum absolute atomic E-state index is 11.6. The molecular weight excluding hydrogens is 190 g/mol. The molecule has 1 rings (SSSR count). The predicted octanol–water partition coefficient (Wildman–Crippen LogP) is 1.40. The van der Waals surface area contributed by atoms with Crippen LogP contribution in [-0.4, -0.2) is 28.6 Å². The van der Waals surface area contributed by atoms with Gasteiger partial charge in [0.15, 0.2) is 0 Å². The second-order valence-electron chi connectivity index (χ2n) is 4.04. The van der Waals surface area contributed by atoms with Crippen molar-refractivity contribution >= 4 is 23.4 Å². The minimum Gasteiger partial charge on any atom is -0.281 e. The van der Waals surface area contributed by atoms with Crippen LogP contribution in [0.5, 0.6) is 0 Å². The van der Waals surface area contributed by atoms with Gasteiger partial charge in [-0.2, -0.15) is 0 Å². The number of carbonyl (C=O) groups is 2. The van der Waals surface area contributed by atoms with Crippen LogP contribution in [0.4, 0.5) is 0 Å². The summed E-state index contributed by atoms with van der Waals surface area (Å²) in [5, 5.41) is -0.613. The van der Waals surface area contributed by atoms with Gasteiger partial charge in [-0.25, -0.2) is 0 Å². The molecule has 1 unspecified atom stereocenters. The lowest BCUT2D eigenvalue weighted by atomic mass is 9.92. The van der Waals surface area contributed by atoms with Crippen molar-refractivity contribution in [1.29, 1.82) is 0 Å². The molecule has 0 N–H and O–H groups in total. The molecule has 0 aromatic heterocycles. The summed E-state index contributed by atoms with van der Waals surface area (Å²) < 4.78 is 0. The highest BCUT2D eigenvalue weighted by Gasteiger charge is 2.42. The van der Waals surface area contributed by atoms with Gasteiger partial charge in [-0.15, -0.1) is 11.6 Å². The molecule has 1 heterocycles. The van der Waals surface area contributed by atoms with Crippen molar-refractivity contribution in [3.8, 4) is 0 Å². The first-order valence-electron chi connectivity index (χ1n) is 4.36. The normalized spacial score (nSPS) is 23.4. The summed E-state index contributed by atoms with van der Waals surface area (Å²) in [7, 11) is 0. The Hall–Kier alpha value is -0.570. The van der Waals surface area contributed by atoms with Crippen molar-refractivity contribution < 1.29 is 9.59 Å². The lowest BCUT2D eigenvalue weighted by molar-refractivity contribution is -0.145. The topological polar surface area (TPSA) is 37.4 Å². The fourth-order valence-electron chi connectivity index (χ4n) is 1.39. The summed E-state index contributed by atoms with van der Waals surface area (Å²) in [5.41, 5.74) is -0.401. The lowest BCUT2D eigenvalue weighted by Gasteiger charge is -2.18. The second-order valence-corrected chi connectivity index (χ2v) is 4.70. The number of hydrogen-bond donors (Lipinski definition) is 0. The molecule has 1 atom stereocenters. The van der Waals surface area contributed by atoms with Crippen LogP contribution < -0.4 is 0 Å². The maximum Gasteiger partial charge on any atom is 0.246 e. The smallest absolute Gasteiger partial charge is 0.246 e. The third-order valence-electron chi connectivity index (χ3n) is 2.39. The zero-order valence-corrected chi connectivity index (χ0v) is 8.89. The van der Waals surface area contributed by atoms with Crippen molar-refractivity contribution in [2.45, 2.75) is 32.6 Å². The number of imide groups is 1. The number of carbonyl (C=O) groups excluding carboxylic acids is 2. The number of likely N-dealkylation sites (tertiary alicyclic amines) is 1. The first-order valence-corrected chi connectivity index (χ1v) is 4.80. The zero-order chi connectivity index (χ0) is 10.2. The SMILES string of the molecule is CC(Cl)C(=O)N1CCC(C)(C)C1=O. The van der Waals surface area contributed by atoms with Crippen molar-refractivity contribution in [1.82, 2.24) is 4.90 Å². The Labute approximate surface area is 83.0 Å². The van der Waals surface area contributed by atoms with Crippen molar-refractivity contribution in [3.63, 3.8) is 0 Å². The van der Waals surface area contributed by atoms with E-state index < -0.39 is 10.8 Å². The first kappa shape index (κ1) is 10.5. The van der Waals surface area contributed by atoms with Gasteiger partial charge in [0, 0.05) is 12.0 Å². The maximum atomic E-state index is 11.6. The summed E-state index contributed by atoms with van der Waals surface area (Å²) in [6.45, 7) is 5.78. The Morgan fingerprint density at radius 2 is 2.15 bits per heavy atom. The minimum absolute atomic E-state index is 0.106. The molecule has 0 spiro atoms. The Morgan fingerprint density at radius 1 is 1.62 bits per heavy atom. The van der Waals surface area contributed by atoms with E-state index in [1.54, 1.807) is 6.92 Å². The van der Waals surface area contributed by atoms with Crippen molar-refractivity contribution in [2.24, 2.45) is 5.41 Å². The molecular formula is C9H14ClNO2. The molecule has 0 aliphatic carbocycles. The first-order chi connectivity index (χ1) is 5.86. The average Bonchev–Trinajstić information content (AvgIpc) is 2.27. The average molecular weight is 204 g/mol. The second kappa shape index (κ2) is 3.29. The van der Waals surface area contributed by atoms with E-state index in [0.29, 0.717) is 6.54 Å². The molecule has 0 radical (unpaired) electrons. The molecule has 0 saturated carbocycles.